The Labute approximate surface area is 170 Å². The van der Waals surface area contributed by atoms with Crippen LogP contribution in [0.2, 0.25) is 0 Å². The summed E-state index contributed by atoms with van der Waals surface area (Å²) in [6.07, 6.45) is 11.1. The van der Waals surface area contributed by atoms with Gasteiger partial charge in [-0.1, -0.05) is 64.7 Å². The molecule has 0 aromatic rings. The van der Waals surface area contributed by atoms with E-state index in [1.165, 1.54) is 32.1 Å². The first-order valence-electron chi connectivity index (χ1n) is 11.2. The van der Waals surface area contributed by atoms with Crippen LogP contribution in [0.4, 0.5) is 0 Å². The molecule has 1 rings (SSSR count). The first kappa shape index (κ1) is 25.3. The van der Waals surface area contributed by atoms with Gasteiger partial charge in [0, 0.05) is 6.61 Å². The molecule has 1 heterocycles. The van der Waals surface area contributed by atoms with Gasteiger partial charge in [0.25, 0.3) is 0 Å². The lowest BCUT2D eigenvalue weighted by molar-refractivity contribution is -0.249. The molecule has 0 radical (unpaired) electrons. The molecule has 0 aliphatic carbocycles. The number of aliphatic hydroxyl groups is 2. The molecule has 3 N–H and O–H groups in total. The second-order valence-electron chi connectivity index (χ2n) is 8.44. The lowest BCUT2D eigenvalue weighted by atomic mass is 9.95. The SMILES string of the molecule is CC1O[C@@H](OCCCCCCCCCCCC[C@@H](O)CC(=O)O)C(O)C[C@H]1C. The van der Waals surface area contributed by atoms with E-state index in [2.05, 4.69) is 6.92 Å². The second kappa shape index (κ2) is 15.2. The fraction of sp³-hybridized carbons (Fsp3) is 0.955. The summed E-state index contributed by atoms with van der Waals surface area (Å²) >= 11 is 0. The zero-order chi connectivity index (χ0) is 20.8. The molecule has 0 spiro atoms. The normalized spacial score (nSPS) is 26.3. The number of hydrogen-bond acceptors (Lipinski definition) is 5. The quantitative estimate of drug-likeness (QED) is 0.334. The smallest absolute Gasteiger partial charge is 0.305 e. The maximum absolute atomic E-state index is 10.5. The molecule has 5 atom stereocenters. The minimum absolute atomic E-state index is 0.141. The summed E-state index contributed by atoms with van der Waals surface area (Å²) in [6.45, 7) is 4.78. The number of unbranched alkanes of at least 4 members (excludes halogenated alkanes) is 9. The third-order valence-corrected chi connectivity index (χ3v) is 5.70. The standard InChI is InChI=1S/C22H42O6/c1-17-15-20(24)22(28-18(17)2)27-14-12-10-8-6-4-3-5-7-9-11-13-19(23)16-21(25)26/h17-20,22-24H,3-16H2,1-2H3,(H,25,26)/t17-,18?,19-,20?,22-/m1/s1. The molecule has 2 unspecified atom stereocenters. The largest absolute Gasteiger partial charge is 0.481 e. The van der Waals surface area contributed by atoms with Crippen LogP contribution in [0.5, 0.6) is 0 Å². The highest BCUT2D eigenvalue weighted by Crippen LogP contribution is 2.25. The fourth-order valence-corrected chi connectivity index (χ4v) is 3.67. The predicted molar refractivity (Wildman–Crippen MR) is 109 cm³/mol. The number of carbonyl (C=O) groups is 1. The van der Waals surface area contributed by atoms with Crippen molar-refractivity contribution in [3.05, 3.63) is 0 Å². The van der Waals surface area contributed by atoms with Gasteiger partial charge in [0.05, 0.1) is 18.6 Å². The average molecular weight is 403 g/mol. The summed E-state index contributed by atoms with van der Waals surface area (Å²) in [7, 11) is 0. The summed E-state index contributed by atoms with van der Waals surface area (Å²) < 4.78 is 11.4. The fourth-order valence-electron chi connectivity index (χ4n) is 3.67. The average Bonchev–Trinajstić information content (AvgIpc) is 2.62. The first-order chi connectivity index (χ1) is 13.4. The molecule has 0 aromatic heterocycles. The summed E-state index contributed by atoms with van der Waals surface area (Å²) in [5.41, 5.74) is 0. The summed E-state index contributed by atoms with van der Waals surface area (Å²) in [4.78, 5) is 10.5. The molecule has 1 fully saturated rings. The molecule has 0 saturated carbocycles. The number of rotatable bonds is 16. The van der Waals surface area contributed by atoms with Crippen LogP contribution in [0.1, 0.15) is 97.3 Å². The summed E-state index contributed by atoms with van der Waals surface area (Å²) in [6, 6.07) is 0. The van der Waals surface area contributed by atoms with E-state index in [4.69, 9.17) is 14.6 Å². The molecular formula is C22H42O6. The Morgan fingerprint density at radius 2 is 1.54 bits per heavy atom. The van der Waals surface area contributed by atoms with E-state index in [9.17, 15) is 15.0 Å². The van der Waals surface area contributed by atoms with Crippen LogP contribution in [0, 0.1) is 5.92 Å². The van der Waals surface area contributed by atoms with Crippen molar-refractivity contribution < 1.29 is 29.6 Å². The van der Waals surface area contributed by atoms with E-state index in [0.717, 1.165) is 38.5 Å². The number of carboxylic acids is 1. The lowest BCUT2D eigenvalue weighted by Gasteiger charge is -2.36. The monoisotopic (exact) mass is 402 g/mol. The van der Waals surface area contributed by atoms with Crippen LogP contribution in [-0.4, -0.2) is 52.5 Å². The van der Waals surface area contributed by atoms with Gasteiger partial charge in [-0.2, -0.15) is 0 Å². The molecule has 0 bridgehead atoms. The Kier molecular flexibility index (Phi) is 13.8. The third-order valence-electron chi connectivity index (χ3n) is 5.70. The lowest BCUT2D eigenvalue weighted by Crippen LogP contribution is -2.43. The van der Waals surface area contributed by atoms with Crippen LogP contribution in [0.25, 0.3) is 0 Å². The Balaban J connectivity index is 1.83. The van der Waals surface area contributed by atoms with Crippen LogP contribution in [-0.2, 0) is 14.3 Å². The van der Waals surface area contributed by atoms with Crippen molar-refractivity contribution in [1.82, 2.24) is 0 Å². The summed E-state index contributed by atoms with van der Waals surface area (Å²) in [5.74, 6) is -0.554. The minimum atomic E-state index is -0.928. The molecule has 166 valence electrons. The van der Waals surface area contributed by atoms with Gasteiger partial charge in [0.2, 0.25) is 0 Å². The Hall–Kier alpha value is -0.690. The first-order valence-corrected chi connectivity index (χ1v) is 11.2. The van der Waals surface area contributed by atoms with Crippen molar-refractivity contribution in [2.24, 2.45) is 5.92 Å². The number of hydrogen-bond donors (Lipinski definition) is 3. The van der Waals surface area contributed by atoms with Gasteiger partial charge in [-0.25, -0.2) is 0 Å². The number of carboxylic acid groups (broad SMARTS) is 1. The van der Waals surface area contributed by atoms with Gasteiger partial charge in [-0.3, -0.25) is 4.79 Å². The van der Waals surface area contributed by atoms with E-state index in [1.807, 2.05) is 6.92 Å². The van der Waals surface area contributed by atoms with Gasteiger partial charge < -0.3 is 24.8 Å². The van der Waals surface area contributed by atoms with Gasteiger partial charge >= 0.3 is 5.97 Å². The van der Waals surface area contributed by atoms with E-state index in [0.29, 0.717) is 18.9 Å². The highest BCUT2D eigenvalue weighted by Gasteiger charge is 2.32. The molecule has 1 saturated heterocycles. The van der Waals surface area contributed by atoms with Crippen molar-refractivity contribution in [2.75, 3.05) is 6.61 Å². The van der Waals surface area contributed by atoms with Crippen molar-refractivity contribution >= 4 is 5.97 Å². The van der Waals surface area contributed by atoms with E-state index in [-0.39, 0.29) is 12.5 Å². The molecule has 6 heteroatoms. The molecule has 1 aliphatic rings. The third kappa shape index (κ3) is 12.0. The van der Waals surface area contributed by atoms with Gasteiger partial charge in [-0.15, -0.1) is 0 Å². The summed E-state index contributed by atoms with van der Waals surface area (Å²) in [5, 5.41) is 28.1. The zero-order valence-electron chi connectivity index (χ0n) is 17.9. The van der Waals surface area contributed by atoms with Crippen LogP contribution in [0.3, 0.4) is 0 Å². The van der Waals surface area contributed by atoms with Crippen molar-refractivity contribution in [3.8, 4) is 0 Å². The zero-order valence-corrected chi connectivity index (χ0v) is 17.9. The van der Waals surface area contributed by atoms with Crippen molar-refractivity contribution in [3.63, 3.8) is 0 Å². The molecule has 0 aromatic carbocycles. The van der Waals surface area contributed by atoms with E-state index < -0.39 is 24.5 Å². The number of ether oxygens (including phenoxy) is 2. The van der Waals surface area contributed by atoms with Crippen LogP contribution < -0.4 is 0 Å². The molecule has 0 amide bonds. The molecule has 6 nitrogen and oxygen atoms in total. The van der Waals surface area contributed by atoms with Crippen LogP contribution in [0.15, 0.2) is 0 Å². The molecule has 28 heavy (non-hydrogen) atoms. The highest BCUT2D eigenvalue weighted by molar-refractivity contribution is 5.67. The van der Waals surface area contributed by atoms with E-state index >= 15 is 0 Å². The Bertz CT molecular complexity index is 402. The van der Waals surface area contributed by atoms with Gasteiger partial charge in [0.15, 0.2) is 6.29 Å². The van der Waals surface area contributed by atoms with Crippen molar-refractivity contribution in [2.45, 2.75) is 122 Å². The second-order valence-corrected chi connectivity index (χ2v) is 8.44. The van der Waals surface area contributed by atoms with Crippen molar-refractivity contribution in [1.29, 1.82) is 0 Å². The highest BCUT2D eigenvalue weighted by atomic mass is 16.7. The Morgan fingerprint density at radius 3 is 2.11 bits per heavy atom. The molecular weight excluding hydrogens is 360 g/mol. The van der Waals surface area contributed by atoms with E-state index in [1.54, 1.807) is 0 Å². The van der Waals surface area contributed by atoms with Gasteiger partial charge in [-0.05, 0) is 32.1 Å². The maximum atomic E-state index is 10.5. The maximum Gasteiger partial charge on any atom is 0.305 e. The minimum Gasteiger partial charge on any atom is -0.481 e. The predicted octanol–water partition coefficient (Wildman–Crippen LogP) is 4.26. The number of aliphatic hydroxyl groups excluding tert-OH is 2. The van der Waals surface area contributed by atoms with Gasteiger partial charge in [0.1, 0.15) is 6.10 Å². The van der Waals surface area contributed by atoms with Crippen LogP contribution >= 0.6 is 0 Å². The number of aliphatic carboxylic acids is 1. The Morgan fingerprint density at radius 1 is 1.00 bits per heavy atom. The topological polar surface area (TPSA) is 96.2 Å². The molecule has 1 aliphatic heterocycles.